The van der Waals surface area contributed by atoms with Crippen molar-refractivity contribution in [3.63, 3.8) is 0 Å². The summed E-state index contributed by atoms with van der Waals surface area (Å²) in [6.07, 6.45) is 0. The summed E-state index contributed by atoms with van der Waals surface area (Å²) in [7, 11) is -4.58. The quantitative estimate of drug-likeness (QED) is 0.441. The Hall–Kier alpha value is -2.80. The lowest BCUT2D eigenvalue weighted by Gasteiger charge is -2.12. The predicted molar refractivity (Wildman–Crippen MR) is 123 cm³/mol. The SMILES string of the molecule is CC(C)NS(=O)(=O)c1cccc(CNC(=O)CNC(=O)c2cccc(S(=O)(=O)N(C)C)c2)c1. The van der Waals surface area contributed by atoms with E-state index in [4.69, 9.17) is 0 Å². The van der Waals surface area contributed by atoms with Gasteiger partial charge in [-0.15, -0.1) is 0 Å². The second kappa shape index (κ2) is 10.9. The van der Waals surface area contributed by atoms with Gasteiger partial charge in [0.05, 0.1) is 16.3 Å². The summed E-state index contributed by atoms with van der Waals surface area (Å²) in [6, 6.07) is 11.4. The molecule has 2 aromatic rings. The van der Waals surface area contributed by atoms with Gasteiger partial charge in [-0.05, 0) is 49.7 Å². The van der Waals surface area contributed by atoms with Crippen LogP contribution >= 0.6 is 0 Å². The van der Waals surface area contributed by atoms with Crippen LogP contribution in [0.3, 0.4) is 0 Å². The molecule has 0 spiro atoms. The molecule has 2 rings (SSSR count). The topological polar surface area (TPSA) is 142 Å². The maximum absolute atomic E-state index is 12.3. The number of nitrogens with one attached hydrogen (secondary N) is 3. The minimum atomic E-state index is -3.70. The first-order valence-electron chi connectivity index (χ1n) is 10.0. The first-order chi connectivity index (χ1) is 15.3. The molecule has 0 heterocycles. The van der Waals surface area contributed by atoms with Crippen LogP contribution in [0.2, 0.25) is 0 Å². The Morgan fingerprint density at radius 2 is 1.55 bits per heavy atom. The first-order valence-corrected chi connectivity index (χ1v) is 12.9. The fourth-order valence-electron chi connectivity index (χ4n) is 2.74. The van der Waals surface area contributed by atoms with Crippen molar-refractivity contribution in [3.8, 4) is 0 Å². The van der Waals surface area contributed by atoms with Crippen LogP contribution in [0, 0.1) is 0 Å². The summed E-state index contributed by atoms with van der Waals surface area (Å²) in [5, 5.41) is 5.04. The molecule has 0 aliphatic rings. The van der Waals surface area contributed by atoms with Crippen LogP contribution in [0.15, 0.2) is 58.3 Å². The molecule has 0 aliphatic carbocycles. The fraction of sp³-hybridized carbons (Fsp3) is 0.333. The van der Waals surface area contributed by atoms with Crippen molar-refractivity contribution in [1.29, 1.82) is 0 Å². The van der Waals surface area contributed by atoms with Gasteiger partial charge in [0.15, 0.2) is 0 Å². The summed E-state index contributed by atoms with van der Waals surface area (Å²) >= 11 is 0. The highest BCUT2D eigenvalue weighted by Crippen LogP contribution is 2.15. The zero-order chi connectivity index (χ0) is 24.8. The molecule has 0 fully saturated rings. The van der Waals surface area contributed by atoms with Crippen molar-refractivity contribution in [2.75, 3.05) is 20.6 Å². The fourth-order valence-corrected chi connectivity index (χ4v) is 5.00. The van der Waals surface area contributed by atoms with E-state index in [9.17, 15) is 26.4 Å². The Bertz CT molecular complexity index is 1220. The monoisotopic (exact) mass is 496 g/mol. The van der Waals surface area contributed by atoms with Gasteiger partial charge in [0.25, 0.3) is 5.91 Å². The number of hydrogen-bond donors (Lipinski definition) is 3. The van der Waals surface area contributed by atoms with Gasteiger partial charge < -0.3 is 10.6 Å². The van der Waals surface area contributed by atoms with Gasteiger partial charge in [0.2, 0.25) is 26.0 Å². The molecule has 0 bridgehead atoms. The van der Waals surface area contributed by atoms with Gasteiger partial charge in [-0.1, -0.05) is 18.2 Å². The molecule has 33 heavy (non-hydrogen) atoms. The number of hydrogen-bond acceptors (Lipinski definition) is 6. The van der Waals surface area contributed by atoms with Crippen LogP contribution in [-0.4, -0.2) is 59.6 Å². The van der Waals surface area contributed by atoms with Crippen molar-refractivity contribution < 1.29 is 26.4 Å². The summed E-state index contributed by atoms with van der Waals surface area (Å²) in [5.41, 5.74) is 0.671. The Morgan fingerprint density at radius 3 is 2.18 bits per heavy atom. The zero-order valence-electron chi connectivity index (χ0n) is 18.8. The number of carbonyl (C=O) groups excluding carboxylic acids is 2. The Labute approximate surface area is 194 Å². The Kier molecular flexibility index (Phi) is 8.72. The lowest BCUT2D eigenvalue weighted by Crippen LogP contribution is -2.36. The number of carbonyl (C=O) groups is 2. The van der Waals surface area contributed by atoms with Gasteiger partial charge in [0, 0.05) is 32.2 Å². The van der Waals surface area contributed by atoms with Crippen LogP contribution < -0.4 is 15.4 Å². The van der Waals surface area contributed by atoms with Crippen LogP contribution in [-0.2, 0) is 31.4 Å². The third-order valence-corrected chi connectivity index (χ3v) is 7.84. The number of sulfonamides is 2. The maximum Gasteiger partial charge on any atom is 0.251 e. The van der Waals surface area contributed by atoms with Gasteiger partial charge >= 0.3 is 0 Å². The van der Waals surface area contributed by atoms with Crippen molar-refractivity contribution in [1.82, 2.24) is 19.7 Å². The normalized spacial score (nSPS) is 12.1. The van der Waals surface area contributed by atoms with E-state index in [1.54, 1.807) is 26.0 Å². The molecule has 2 amide bonds. The van der Waals surface area contributed by atoms with Crippen molar-refractivity contribution in [2.45, 2.75) is 36.2 Å². The number of benzene rings is 2. The number of nitrogens with zero attached hydrogens (tertiary/aromatic N) is 1. The Morgan fingerprint density at radius 1 is 0.909 bits per heavy atom. The van der Waals surface area contributed by atoms with E-state index in [2.05, 4.69) is 15.4 Å². The van der Waals surface area contributed by atoms with Crippen LogP contribution in [0.4, 0.5) is 0 Å². The van der Waals surface area contributed by atoms with E-state index < -0.39 is 31.9 Å². The highest BCUT2D eigenvalue weighted by Gasteiger charge is 2.19. The highest BCUT2D eigenvalue weighted by molar-refractivity contribution is 7.89. The minimum absolute atomic E-state index is 0.0357. The number of amides is 2. The molecule has 0 saturated carbocycles. The molecule has 0 unspecified atom stereocenters. The lowest BCUT2D eigenvalue weighted by atomic mass is 10.2. The summed E-state index contributed by atoms with van der Waals surface area (Å²) < 4.78 is 52.5. The van der Waals surface area contributed by atoms with E-state index in [1.807, 2.05) is 0 Å². The highest BCUT2D eigenvalue weighted by atomic mass is 32.2. The second-order valence-corrected chi connectivity index (χ2v) is 11.6. The molecule has 3 N–H and O–H groups in total. The van der Waals surface area contributed by atoms with E-state index in [-0.39, 0.29) is 34.5 Å². The predicted octanol–water partition coefficient (Wildman–Crippen LogP) is 0.670. The molecule has 0 atom stereocenters. The zero-order valence-corrected chi connectivity index (χ0v) is 20.5. The van der Waals surface area contributed by atoms with Crippen LogP contribution in [0.5, 0.6) is 0 Å². The van der Waals surface area contributed by atoms with Gasteiger partial charge in [0.1, 0.15) is 0 Å². The van der Waals surface area contributed by atoms with Gasteiger partial charge in [-0.2, -0.15) is 0 Å². The smallest absolute Gasteiger partial charge is 0.251 e. The van der Waals surface area contributed by atoms with Crippen LogP contribution in [0.1, 0.15) is 29.8 Å². The van der Waals surface area contributed by atoms with Crippen LogP contribution in [0.25, 0.3) is 0 Å². The summed E-state index contributed by atoms with van der Waals surface area (Å²) in [6.45, 7) is 3.16. The third kappa shape index (κ3) is 7.35. The summed E-state index contributed by atoms with van der Waals surface area (Å²) in [4.78, 5) is 24.5. The first kappa shape index (κ1) is 26.5. The molecule has 180 valence electrons. The minimum Gasteiger partial charge on any atom is -0.350 e. The van der Waals surface area contributed by atoms with Crippen molar-refractivity contribution in [2.24, 2.45) is 0 Å². The molecule has 12 heteroatoms. The van der Waals surface area contributed by atoms with E-state index >= 15 is 0 Å². The summed E-state index contributed by atoms with van der Waals surface area (Å²) in [5.74, 6) is -1.09. The molecule has 0 saturated heterocycles. The van der Waals surface area contributed by atoms with Gasteiger partial charge in [-0.3, -0.25) is 9.59 Å². The van der Waals surface area contributed by atoms with Gasteiger partial charge in [-0.25, -0.2) is 25.9 Å². The average molecular weight is 497 g/mol. The third-order valence-electron chi connectivity index (χ3n) is 4.37. The molecule has 2 aromatic carbocycles. The Balaban J connectivity index is 1.95. The molecule has 0 radical (unpaired) electrons. The molecule has 10 nitrogen and oxygen atoms in total. The second-order valence-electron chi connectivity index (χ2n) is 7.70. The van der Waals surface area contributed by atoms with E-state index in [1.165, 1.54) is 50.5 Å². The molecular weight excluding hydrogens is 468 g/mol. The average Bonchev–Trinajstić information content (AvgIpc) is 2.75. The molecule has 0 aliphatic heterocycles. The van der Waals surface area contributed by atoms with Crippen molar-refractivity contribution >= 4 is 31.9 Å². The molecular formula is C21H28N4O6S2. The molecule has 0 aromatic heterocycles. The number of rotatable bonds is 10. The van der Waals surface area contributed by atoms with E-state index in [0.717, 1.165) is 4.31 Å². The van der Waals surface area contributed by atoms with Crippen molar-refractivity contribution in [3.05, 3.63) is 59.7 Å². The maximum atomic E-state index is 12.3. The standard InChI is InChI=1S/C21H28N4O6S2/c1-15(2)24-32(28,29)18-9-5-7-16(11-18)13-22-20(26)14-23-21(27)17-8-6-10-19(12-17)33(30,31)25(3)4/h5-12,15,24H,13-14H2,1-4H3,(H,22,26)(H,23,27). The lowest BCUT2D eigenvalue weighted by molar-refractivity contribution is -0.120. The van der Waals surface area contributed by atoms with E-state index in [0.29, 0.717) is 5.56 Å². The largest absolute Gasteiger partial charge is 0.350 e.